The molecule has 0 unspecified atom stereocenters. The highest BCUT2D eigenvalue weighted by Gasteiger charge is 2.03. The van der Waals surface area contributed by atoms with Gasteiger partial charge in [-0.25, -0.2) is 4.98 Å². The van der Waals surface area contributed by atoms with Crippen molar-refractivity contribution < 1.29 is 4.74 Å². The van der Waals surface area contributed by atoms with Gasteiger partial charge in [0.2, 0.25) is 5.13 Å². The molecule has 3 aromatic rings. The molecule has 23 heavy (non-hydrogen) atoms. The molecule has 0 radical (unpaired) electrons. The van der Waals surface area contributed by atoms with E-state index in [9.17, 15) is 0 Å². The lowest BCUT2D eigenvalue weighted by Crippen LogP contribution is -1.91. The summed E-state index contributed by atoms with van der Waals surface area (Å²) in [7, 11) is 1.65. The molecule has 0 aliphatic rings. The van der Waals surface area contributed by atoms with Gasteiger partial charge in [0.1, 0.15) is 5.75 Å². The van der Waals surface area contributed by atoms with Gasteiger partial charge in [0.25, 0.3) is 0 Å². The number of hydrogen-bond acceptors (Lipinski definition) is 5. The first kappa shape index (κ1) is 15.2. The van der Waals surface area contributed by atoms with Crippen LogP contribution in [0.3, 0.4) is 0 Å². The van der Waals surface area contributed by atoms with Crippen molar-refractivity contribution in [1.29, 1.82) is 0 Å². The average molecular weight is 323 g/mol. The number of nitrogens with zero attached hydrogens (tertiary/aromatic N) is 2. The number of anilines is 1. The van der Waals surface area contributed by atoms with E-state index in [2.05, 4.69) is 46.7 Å². The van der Waals surface area contributed by atoms with E-state index in [-0.39, 0.29) is 0 Å². The number of hydrogen-bond donors (Lipinski definition) is 1. The Labute approximate surface area is 139 Å². The van der Waals surface area contributed by atoms with E-state index >= 15 is 0 Å². The first-order chi connectivity index (χ1) is 11.2. The third-order valence-corrected chi connectivity index (χ3v) is 4.07. The summed E-state index contributed by atoms with van der Waals surface area (Å²) in [5, 5.41) is 7.01. The Morgan fingerprint density at radius 3 is 2.78 bits per heavy atom. The molecular weight excluding hydrogens is 306 g/mol. The van der Waals surface area contributed by atoms with E-state index < -0.39 is 0 Å². The summed E-state index contributed by atoms with van der Waals surface area (Å²) in [5.74, 6) is 0.810. The van der Waals surface area contributed by atoms with E-state index in [4.69, 9.17) is 4.74 Å². The van der Waals surface area contributed by atoms with E-state index in [1.807, 2.05) is 29.6 Å². The predicted molar refractivity (Wildman–Crippen MR) is 96.5 cm³/mol. The molecule has 0 saturated heterocycles. The van der Waals surface area contributed by atoms with Crippen LogP contribution >= 0.6 is 11.3 Å². The van der Waals surface area contributed by atoms with E-state index in [0.29, 0.717) is 0 Å². The van der Waals surface area contributed by atoms with Crippen LogP contribution in [0, 0.1) is 6.92 Å². The van der Waals surface area contributed by atoms with Crippen molar-refractivity contribution in [2.24, 2.45) is 5.10 Å². The molecule has 4 nitrogen and oxygen atoms in total. The molecule has 0 aliphatic carbocycles. The Balaban J connectivity index is 1.67. The average Bonchev–Trinajstić information content (AvgIpc) is 3.04. The molecule has 1 aromatic heterocycles. The van der Waals surface area contributed by atoms with Gasteiger partial charge in [-0.1, -0.05) is 42.0 Å². The van der Waals surface area contributed by atoms with Crippen LogP contribution in [-0.2, 0) is 0 Å². The van der Waals surface area contributed by atoms with Crippen LogP contribution in [0.4, 0.5) is 5.13 Å². The Kier molecular flexibility index (Phi) is 4.68. The normalized spacial score (nSPS) is 10.9. The second-order valence-electron chi connectivity index (χ2n) is 5.05. The van der Waals surface area contributed by atoms with Crippen LogP contribution in [0.2, 0.25) is 0 Å². The van der Waals surface area contributed by atoms with E-state index in [0.717, 1.165) is 27.7 Å². The minimum atomic E-state index is 0.764. The number of hydrazone groups is 1. The number of ether oxygens (including phenoxy) is 1. The fourth-order valence-corrected chi connectivity index (χ4v) is 2.73. The second kappa shape index (κ2) is 7.07. The van der Waals surface area contributed by atoms with Gasteiger partial charge in [0.15, 0.2) is 0 Å². The summed E-state index contributed by atoms with van der Waals surface area (Å²) < 4.78 is 5.19. The summed E-state index contributed by atoms with van der Waals surface area (Å²) in [4.78, 5) is 4.54. The maximum Gasteiger partial charge on any atom is 0.203 e. The first-order valence-corrected chi connectivity index (χ1v) is 8.08. The van der Waals surface area contributed by atoms with Crippen LogP contribution in [0.5, 0.6) is 5.75 Å². The number of nitrogens with one attached hydrogen (secondary N) is 1. The van der Waals surface area contributed by atoms with Crippen molar-refractivity contribution in [2.75, 3.05) is 12.5 Å². The molecule has 0 spiro atoms. The van der Waals surface area contributed by atoms with Crippen LogP contribution in [0.15, 0.2) is 59.0 Å². The lowest BCUT2D eigenvalue weighted by atomic mass is 10.1. The lowest BCUT2D eigenvalue weighted by molar-refractivity contribution is 0.415. The van der Waals surface area contributed by atoms with Gasteiger partial charge >= 0.3 is 0 Å². The molecule has 0 fully saturated rings. The van der Waals surface area contributed by atoms with E-state index in [1.165, 1.54) is 16.9 Å². The summed E-state index contributed by atoms with van der Waals surface area (Å²) in [5.41, 5.74) is 7.23. The molecular formula is C18H17N3OS. The number of benzene rings is 2. The van der Waals surface area contributed by atoms with Gasteiger partial charge in [-0.15, -0.1) is 11.3 Å². The molecule has 0 saturated carbocycles. The number of aromatic nitrogens is 1. The van der Waals surface area contributed by atoms with Gasteiger partial charge in [-0.3, -0.25) is 5.43 Å². The number of thiazole rings is 1. The second-order valence-corrected chi connectivity index (χ2v) is 5.91. The number of methoxy groups -OCH3 is 1. The third kappa shape index (κ3) is 3.96. The summed E-state index contributed by atoms with van der Waals surface area (Å²) in [6, 6.07) is 16.0. The van der Waals surface area contributed by atoms with Gasteiger partial charge in [-0.2, -0.15) is 5.10 Å². The SMILES string of the molecule is COc1cccc(C=NNc2nc(-c3ccc(C)cc3)cs2)c1. The molecule has 0 bridgehead atoms. The monoisotopic (exact) mass is 323 g/mol. The lowest BCUT2D eigenvalue weighted by Gasteiger charge is -1.99. The minimum absolute atomic E-state index is 0.764. The summed E-state index contributed by atoms with van der Waals surface area (Å²) in [6.45, 7) is 2.07. The van der Waals surface area contributed by atoms with Crippen molar-refractivity contribution in [1.82, 2.24) is 4.98 Å². The quantitative estimate of drug-likeness (QED) is 0.552. The van der Waals surface area contributed by atoms with Gasteiger partial charge in [0, 0.05) is 10.9 Å². The molecule has 1 heterocycles. The van der Waals surface area contributed by atoms with Crippen LogP contribution in [-0.4, -0.2) is 18.3 Å². The van der Waals surface area contributed by atoms with Gasteiger partial charge < -0.3 is 4.74 Å². The van der Waals surface area contributed by atoms with Crippen molar-refractivity contribution >= 4 is 22.7 Å². The predicted octanol–water partition coefficient (Wildman–Crippen LogP) is 4.57. The maximum absolute atomic E-state index is 5.19. The number of rotatable bonds is 5. The molecule has 3 rings (SSSR count). The first-order valence-electron chi connectivity index (χ1n) is 7.20. The topological polar surface area (TPSA) is 46.5 Å². The molecule has 0 aliphatic heterocycles. The fourth-order valence-electron chi connectivity index (χ4n) is 2.07. The van der Waals surface area contributed by atoms with Crippen molar-refractivity contribution in [3.63, 3.8) is 0 Å². The number of aryl methyl sites for hydroxylation is 1. The smallest absolute Gasteiger partial charge is 0.203 e. The van der Waals surface area contributed by atoms with Crippen LogP contribution in [0.1, 0.15) is 11.1 Å². The Hall–Kier alpha value is -2.66. The van der Waals surface area contributed by atoms with Gasteiger partial charge in [0.05, 0.1) is 19.0 Å². The standard InChI is InChI=1S/C18H17N3OS/c1-13-6-8-15(9-7-13)17-12-23-18(20-17)21-19-11-14-4-3-5-16(10-14)22-2/h3-12H,1-2H3,(H,20,21). The molecule has 2 aromatic carbocycles. The molecule has 116 valence electrons. The minimum Gasteiger partial charge on any atom is -0.497 e. The molecule has 0 atom stereocenters. The highest BCUT2D eigenvalue weighted by molar-refractivity contribution is 7.14. The Morgan fingerprint density at radius 1 is 1.17 bits per heavy atom. The Bertz CT molecular complexity index is 809. The van der Waals surface area contributed by atoms with Crippen molar-refractivity contribution in [3.05, 3.63) is 65.0 Å². The van der Waals surface area contributed by atoms with Crippen LogP contribution in [0.25, 0.3) is 11.3 Å². The van der Waals surface area contributed by atoms with E-state index in [1.54, 1.807) is 13.3 Å². The summed E-state index contributed by atoms with van der Waals surface area (Å²) in [6.07, 6.45) is 1.75. The largest absolute Gasteiger partial charge is 0.497 e. The Morgan fingerprint density at radius 2 is 2.00 bits per heavy atom. The zero-order chi connectivity index (χ0) is 16.1. The third-order valence-electron chi connectivity index (χ3n) is 3.32. The van der Waals surface area contributed by atoms with Crippen molar-refractivity contribution in [3.8, 4) is 17.0 Å². The van der Waals surface area contributed by atoms with Crippen molar-refractivity contribution in [2.45, 2.75) is 6.92 Å². The van der Waals surface area contributed by atoms with Crippen LogP contribution < -0.4 is 10.2 Å². The fraction of sp³-hybridized carbons (Fsp3) is 0.111. The summed E-state index contributed by atoms with van der Waals surface area (Å²) >= 11 is 1.53. The van der Waals surface area contributed by atoms with Gasteiger partial charge in [-0.05, 0) is 24.6 Å². The highest BCUT2D eigenvalue weighted by Crippen LogP contribution is 2.25. The molecule has 0 amide bonds. The molecule has 1 N–H and O–H groups in total. The molecule has 5 heteroatoms. The zero-order valence-electron chi connectivity index (χ0n) is 13.0. The highest BCUT2D eigenvalue weighted by atomic mass is 32.1. The maximum atomic E-state index is 5.19. The zero-order valence-corrected chi connectivity index (χ0v) is 13.8.